The lowest BCUT2D eigenvalue weighted by Gasteiger charge is -2.12. The van der Waals surface area contributed by atoms with Crippen LogP contribution in [0.15, 0.2) is 70.5 Å². The van der Waals surface area contributed by atoms with Gasteiger partial charge in [-0.05, 0) is 48.0 Å². The van der Waals surface area contributed by atoms with Crippen LogP contribution in [-0.2, 0) is 22.7 Å². The molecule has 0 bridgehead atoms. The molecule has 30 heavy (non-hydrogen) atoms. The fourth-order valence-electron chi connectivity index (χ4n) is 2.62. The van der Waals surface area contributed by atoms with Crippen molar-refractivity contribution in [2.24, 2.45) is 0 Å². The van der Waals surface area contributed by atoms with Gasteiger partial charge in [-0.3, -0.25) is 9.52 Å². The minimum atomic E-state index is -4.70. The van der Waals surface area contributed by atoms with Gasteiger partial charge < -0.3 is 4.57 Å². The van der Waals surface area contributed by atoms with Gasteiger partial charge in [0.05, 0.1) is 27.0 Å². The Kier molecular flexibility index (Phi) is 6.16. The summed E-state index contributed by atoms with van der Waals surface area (Å²) in [5.74, 6) is 0. The molecular formula is C19H13Cl2F3N2O3S. The van der Waals surface area contributed by atoms with E-state index in [2.05, 4.69) is 4.72 Å². The summed E-state index contributed by atoms with van der Waals surface area (Å²) < 4.78 is 67.0. The van der Waals surface area contributed by atoms with Crippen LogP contribution in [0.25, 0.3) is 0 Å². The first-order valence-electron chi connectivity index (χ1n) is 8.31. The molecule has 158 valence electrons. The van der Waals surface area contributed by atoms with Crippen molar-refractivity contribution >= 4 is 38.9 Å². The predicted octanol–water partition coefficient (Wildman–Crippen LogP) is 5.02. The van der Waals surface area contributed by atoms with Gasteiger partial charge in [0, 0.05) is 6.20 Å². The molecule has 1 N–H and O–H groups in total. The van der Waals surface area contributed by atoms with E-state index in [-0.39, 0.29) is 12.2 Å². The lowest BCUT2D eigenvalue weighted by molar-refractivity contribution is -0.137. The van der Waals surface area contributed by atoms with Gasteiger partial charge in [0.1, 0.15) is 5.69 Å². The normalized spacial score (nSPS) is 12.0. The Morgan fingerprint density at radius 2 is 1.70 bits per heavy atom. The molecule has 3 aromatic rings. The Morgan fingerprint density at radius 1 is 0.967 bits per heavy atom. The maximum absolute atomic E-state index is 12.9. The number of sulfonamides is 1. The smallest absolute Gasteiger partial charge is 0.309 e. The molecule has 0 unspecified atom stereocenters. The zero-order chi connectivity index (χ0) is 22.1. The van der Waals surface area contributed by atoms with Crippen molar-refractivity contribution < 1.29 is 21.6 Å². The maximum Gasteiger partial charge on any atom is 0.416 e. The number of alkyl halides is 3. The Morgan fingerprint density at radius 3 is 2.37 bits per heavy atom. The van der Waals surface area contributed by atoms with Crippen LogP contribution < -0.4 is 10.3 Å². The number of aromatic nitrogens is 1. The Labute approximate surface area is 179 Å². The Balaban J connectivity index is 1.91. The zero-order valence-electron chi connectivity index (χ0n) is 15.0. The average molecular weight is 477 g/mol. The fourth-order valence-corrected chi connectivity index (χ4v) is 4.04. The first-order valence-corrected chi connectivity index (χ1v) is 10.5. The van der Waals surface area contributed by atoms with E-state index in [0.29, 0.717) is 21.7 Å². The summed E-state index contributed by atoms with van der Waals surface area (Å²) in [5, 5.41) is 0.638. The second-order valence-corrected chi connectivity index (χ2v) is 8.73. The van der Waals surface area contributed by atoms with Gasteiger partial charge in [0.2, 0.25) is 0 Å². The highest BCUT2D eigenvalue weighted by Gasteiger charge is 2.31. The number of nitrogens with one attached hydrogen (secondary N) is 1. The quantitative estimate of drug-likeness (QED) is 0.561. The van der Waals surface area contributed by atoms with Gasteiger partial charge in [-0.1, -0.05) is 35.3 Å². The van der Waals surface area contributed by atoms with Gasteiger partial charge in [-0.2, -0.15) is 13.2 Å². The summed E-state index contributed by atoms with van der Waals surface area (Å²) in [4.78, 5) is 12.0. The van der Waals surface area contributed by atoms with Crippen LogP contribution in [0.2, 0.25) is 10.0 Å². The number of nitrogens with zero attached hydrogens (tertiary/aromatic N) is 1. The number of anilines is 1. The summed E-state index contributed by atoms with van der Waals surface area (Å²) in [6.07, 6.45) is -3.27. The molecule has 3 rings (SSSR count). The van der Waals surface area contributed by atoms with E-state index < -0.39 is 32.2 Å². The zero-order valence-corrected chi connectivity index (χ0v) is 17.3. The largest absolute Gasteiger partial charge is 0.416 e. The van der Waals surface area contributed by atoms with Gasteiger partial charge in [0.25, 0.3) is 15.6 Å². The first-order chi connectivity index (χ1) is 14.0. The molecule has 0 radical (unpaired) electrons. The van der Waals surface area contributed by atoms with Crippen LogP contribution in [0.5, 0.6) is 0 Å². The van der Waals surface area contributed by atoms with Crippen molar-refractivity contribution in [3.8, 4) is 0 Å². The van der Waals surface area contributed by atoms with Crippen molar-refractivity contribution in [3.05, 3.63) is 92.3 Å². The minimum absolute atomic E-state index is 0.0782. The third kappa shape index (κ3) is 4.97. The van der Waals surface area contributed by atoms with Crippen LogP contribution in [0.4, 0.5) is 18.9 Å². The lowest BCUT2D eigenvalue weighted by atomic mass is 10.2. The molecule has 1 aromatic heterocycles. The second kappa shape index (κ2) is 8.33. The van der Waals surface area contributed by atoms with Gasteiger partial charge >= 0.3 is 6.18 Å². The molecule has 0 amide bonds. The van der Waals surface area contributed by atoms with Crippen molar-refractivity contribution in [2.45, 2.75) is 17.6 Å². The molecule has 0 aliphatic heterocycles. The van der Waals surface area contributed by atoms with Gasteiger partial charge in [0.15, 0.2) is 0 Å². The third-order valence-corrected chi connectivity index (χ3v) is 6.18. The molecule has 0 fully saturated rings. The number of pyridine rings is 1. The minimum Gasteiger partial charge on any atom is -0.309 e. The Hall–Kier alpha value is -2.49. The van der Waals surface area contributed by atoms with E-state index in [4.69, 9.17) is 23.2 Å². The molecule has 0 spiro atoms. The SMILES string of the molecule is O=c1c(NS(=O)(=O)c2cccc(C(F)(F)F)c2)cccn1Cc1ccc(Cl)c(Cl)c1. The van der Waals surface area contributed by atoms with Crippen LogP contribution in [0.3, 0.4) is 0 Å². The molecular weight excluding hydrogens is 464 g/mol. The summed E-state index contributed by atoms with van der Waals surface area (Å²) in [7, 11) is -4.42. The molecule has 0 saturated heterocycles. The monoisotopic (exact) mass is 476 g/mol. The van der Waals surface area contributed by atoms with E-state index in [1.807, 2.05) is 0 Å². The molecule has 0 aliphatic rings. The predicted molar refractivity (Wildman–Crippen MR) is 109 cm³/mol. The number of halogens is 5. The topological polar surface area (TPSA) is 68.2 Å². The molecule has 0 saturated carbocycles. The third-order valence-electron chi connectivity index (χ3n) is 4.07. The number of hydrogen-bond acceptors (Lipinski definition) is 3. The van der Waals surface area contributed by atoms with E-state index in [1.165, 1.54) is 22.9 Å². The summed E-state index contributed by atoms with van der Waals surface area (Å²) in [6, 6.07) is 10.7. The van der Waals surface area contributed by atoms with Crippen LogP contribution >= 0.6 is 23.2 Å². The molecule has 0 aliphatic carbocycles. The van der Waals surface area contributed by atoms with Crippen molar-refractivity contribution in [3.63, 3.8) is 0 Å². The van der Waals surface area contributed by atoms with Crippen LogP contribution in [0.1, 0.15) is 11.1 Å². The number of benzene rings is 2. The summed E-state index contributed by atoms with van der Waals surface area (Å²) in [5.41, 5.74) is -1.46. The van der Waals surface area contributed by atoms with E-state index in [0.717, 1.165) is 18.2 Å². The van der Waals surface area contributed by atoms with Crippen molar-refractivity contribution in [1.82, 2.24) is 4.57 Å². The summed E-state index contributed by atoms with van der Waals surface area (Å²) in [6.45, 7) is 0.0782. The molecule has 0 atom stereocenters. The molecule has 1 heterocycles. The summed E-state index contributed by atoms with van der Waals surface area (Å²) >= 11 is 11.8. The molecule has 11 heteroatoms. The van der Waals surface area contributed by atoms with E-state index in [1.54, 1.807) is 18.2 Å². The maximum atomic E-state index is 12.9. The lowest BCUT2D eigenvalue weighted by Crippen LogP contribution is -2.26. The van der Waals surface area contributed by atoms with Gasteiger partial charge in [-0.25, -0.2) is 8.42 Å². The van der Waals surface area contributed by atoms with Crippen LogP contribution in [-0.4, -0.2) is 13.0 Å². The molecule has 5 nitrogen and oxygen atoms in total. The highest BCUT2D eigenvalue weighted by atomic mass is 35.5. The van der Waals surface area contributed by atoms with Crippen molar-refractivity contribution in [1.29, 1.82) is 0 Å². The number of rotatable bonds is 5. The second-order valence-electron chi connectivity index (χ2n) is 6.23. The first kappa shape index (κ1) is 22.2. The fraction of sp³-hybridized carbons (Fsp3) is 0.105. The highest BCUT2D eigenvalue weighted by Crippen LogP contribution is 2.30. The van der Waals surface area contributed by atoms with Gasteiger partial charge in [-0.15, -0.1) is 0 Å². The van der Waals surface area contributed by atoms with Crippen LogP contribution in [0, 0.1) is 0 Å². The average Bonchev–Trinajstić information content (AvgIpc) is 2.67. The van der Waals surface area contributed by atoms with Crippen molar-refractivity contribution in [2.75, 3.05) is 4.72 Å². The van der Waals surface area contributed by atoms with E-state index >= 15 is 0 Å². The highest BCUT2D eigenvalue weighted by molar-refractivity contribution is 7.92. The number of hydrogen-bond donors (Lipinski definition) is 1. The Bertz CT molecular complexity index is 1260. The van der Waals surface area contributed by atoms with E-state index in [9.17, 15) is 26.4 Å². The standard InChI is InChI=1S/C19H13Cl2F3N2O3S/c20-15-7-6-12(9-16(15)21)11-26-8-2-5-17(18(26)27)25-30(28,29)14-4-1-3-13(10-14)19(22,23)24/h1-10,25H,11H2. The molecule has 2 aromatic carbocycles.